The Morgan fingerprint density at radius 1 is 1.36 bits per heavy atom. The van der Waals surface area contributed by atoms with Gasteiger partial charge in [0.15, 0.2) is 5.16 Å². The van der Waals surface area contributed by atoms with E-state index in [1.807, 2.05) is 31.2 Å². The van der Waals surface area contributed by atoms with Crippen LogP contribution in [0.25, 0.3) is 0 Å². The smallest absolute Gasteiger partial charge is 0.257 e. The van der Waals surface area contributed by atoms with Crippen molar-refractivity contribution in [2.75, 3.05) is 17.7 Å². The molecule has 1 aliphatic heterocycles. The van der Waals surface area contributed by atoms with Crippen LogP contribution in [0.5, 0.6) is 5.75 Å². The highest BCUT2D eigenvalue weighted by Gasteiger charge is 2.30. The van der Waals surface area contributed by atoms with Crippen LogP contribution in [0.15, 0.2) is 46.9 Å². The monoisotopic (exact) mass is 357 g/mol. The fraction of sp³-hybridized carbons (Fsp3) is 0.278. The van der Waals surface area contributed by atoms with E-state index in [2.05, 4.69) is 21.9 Å². The number of thioether (sulfide) groups is 1. The first-order chi connectivity index (χ1) is 12.1. The first kappa shape index (κ1) is 17.3. The third-order valence-electron chi connectivity index (χ3n) is 3.86. The molecular weight excluding hydrogens is 338 g/mol. The average Bonchev–Trinajstić information content (AvgIpc) is 2.60. The SMILES string of the molecule is C=CCSc1nc2c(c(=O)[nH]1)[C@H](c1ccc(OCC)cc1)CC(=O)N2. The Morgan fingerprint density at radius 3 is 2.80 bits per heavy atom. The first-order valence-corrected chi connectivity index (χ1v) is 9.01. The van der Waals surface area contributed by atoms with Crippen LogP contribution in [0, 0.1) is 0 Å². The molecule has 3 rings (SSSR count). The van der Waals surface area contributed by atoms with Gasteiger partial charge in [0, 0.05) is 18.1 Å². The van der Waals surface area contributed by atoms with Crippen LogP contribution >= 0.6 is 11.8 Å². The molecule has 25 heavy (non-hydrogen) atoms. The van der Waals surface area contributed by atoms with Gasteiger partial charge in [0.25, 0.3) is 5.56 Å². The van der Waals surface area contributed by atoms with Gasteiger partial charge in [-0.1, -0.05) is 30.0 Å². The third-order valence-corrected chi connectivity index (χ3v) is 4.73. The third kappa shape index (κ3) is 3.76. The Morgan fingerprint density at radius 2 is 2.12 bits per heavy atom. The van der Waals surface area contributed by atoms with E-state index in [0.29, 0.717) is 28.9 Å². The van der Waals surface area contributed by atoms with Gasteiger partial charge in [-0.05, 0) is 24.6 Å². The van der Waals surface area contributed by atoms with E-state index in [4.69, 9.17) is 4.74 Å². The highest BCUT2D eigenvalue weighted by Crippen LogP contribution is 2.35. The fourth-order valence-electron chi connectivity index (χ4n) is 2.80. The zero-order valence-electron chi connectivity index (χ0n) is 13.9. The number of carbonyl (C=O) groups is 1. The van der Waals surface area contributed by atoms with Gasteiger partial charge in [0.2, 0.25) is 5.91 Å². The van der Waals surface area contributed by atoms with E-state index in [0.717, 1.165) is 11.3 Å². The summed E-state index contributed by atoms with van der Waals surface area (Å²) >= 11 is 1.36. The van der Waals surface area contributed by atoms with Gasteiger partial charge in [0.05, 0.1) is 12.2 Å². The van der Waals surface area contributed by atoms with Crippen LogP contribution < -0.4 is 15.6 Å². The number of rotatable bonds is 6. The first-order valence-electron chi connectivity index (χ1n) is 8.03. The highest BCUT2D eigenvalue weighted by atomic mass is 32.2. The van der Waals surface area contributed by atoms with Gasteiger partial charge in [0.1, 0.15) is 11.6 Å². The van der Waals surface area contributed by atoms with Crippen molar-refractivity contribution in [3.63, 3.8) is 0 Å². The van der Waals surface area contributed by atoms with Crippen LogP contribution in [0.1, 0.15) is 30.4 Å². The van der Waals surface area contributed by atoms with E-state index >= 15 is 0 Å². The summed E-state index contributed by atoms with van der Waals surface area (Å²) in [5.74, 6) is 1.25. The summed E-state index contributed by atoms with van der Waals surface area (Å²) in [7, 11) is 0. The van der Waals surface area contributed by atoms with Crippen LogP contribution in [-0.2, 0) is 4.79 Å². The van der Waals surface area contributed by atoms with Gasteiger partial charge in [-0.3, -0.25) is 9.59 Å². The molecule has 1 amide bonds. The molecule has 0 aliphatic carbocycles. The van der Waals surface area contributed by atoms with Crippen molar-refractivity contribution < 1.29 is 9.53 Å². The molecular formula is C18H19N3O3S. The minimum atomic E-state index is -0.325. The molecule has 130 valence electrons. The van der Waals surface area contributed by atoms with Gasteiger partial charge < -0.3 is 15.0 Å². The van der Waals surface area contributed by atoms with Crippen molar-refractivity contribution in [3.05, 3.63) is 58.4 Å². The summed E-state index contributed by atoms with van der Waals surface area (Å²) < 4.78 is 5.45. The number of amides is 1. The van der Waals surface area contributed by atoms with Crippen molar-refractivity contribution in [1.82, 2.24) is 9.97 Å². The minimum absolute atomic E-state index is 0.149. The number of aromatic nitrogens is 2. The number of carbonyl (C=O) groups excluding carboxylic acids is 1. The molecule has 0 radical (unpaired) electrons. The van der Waals surface area contributed by atoms with Crippen molar-refractivity contribution in [3.8, 4) is 5.75 Å². The number of aromatic amines is 1. The van der Waals surface area contributed by atoms with E-state index in [1.54, 1.807) is 6.08 Å². The van der Waals surface area contributed by atoms with Gasteiger partial charge in [-0.25, -0.2) is 4.98 Å². The number of ether oxygens (including phenoxy) is 1. The second kappa shape index (κ2) is 7.57. The van der Waals surface area contributed by atoms with Crippen LogP contribution in [0.3, 0.4) is 0 Å². The Bertz CT molecular complexity index is 846. The van der Waals surface area contributed by atoms with Gasteiger partial charge in [-0.2, -0.15) is 0 Å². The van der Waals surface area contributed by atoms with Crippen molar-refractivity contribution in [2.24, 2.45) is 0 Å². The summed E-state index contributed by atoms with van der Waals surface area (Å²) in [5, 5.41) is 3.18. The summed E-state index contributed by atoms with van der Waals surface area (Å²) in [6.07, 6.45) is 1.94. The molecule has 1 aliphatic rings. The van der Waals surface area contributed by atoms with Gasteiger partial charge in [-0.15, -0.1) is 6.58 Å². The number of anilines is 1. The Kier molecular flexibility index (Phi) is 5.23. The molecule has 2 N–H and O–H groups in total. The van der Waals surface area contributed by atoms with E-state index < -0.39 is 0 Å². The number of fused-ring (bicyclic) bond motifs is 1. The standard InChI is InChI=1S/C18H19N3O3S/c1-3-9-25-18-20-16-15(17(23)21-18)13(10-14(22)19-16)11-5-7-12(8-6-11)24-4-2/h3,5-8,13H,1,4,9-10H2,2H3,(H2,19,20,21,22,23)/t13-/m0/s1. The zero-order chi connectivity index (χ0) is 17.8. The Hall–Kier alpha value is -2.54. The molecule has 7 heteroatoms. The average molecular weight is 357 g/mol. The second-order valence-corrected chi connectivity index (χ2v) is 6.55. The molecule has 0 fully saturated rings. The Balaban J connectivity index is 1.99. The molecule has 1 atom stereocenters. The molecule has 0 bridgehead atoms. The fourth-order valence-corrected chi connectivity index (χ4v) is 3.40. The molecule has 0 saturated heterocycles. The lowest BCUT2D eigenvalue weighted by molar-refractivity contribution is -0.116. The van der Waals surface area contributed by atoms with Crippen LogP contribution in [0.2, 0.25) is 0 Å². The maximum absolute atomic E-state index is 12.6. The quantitative estimate of drug-likeness (QED) is 0.472. The molecule has 0 unspecified atom stereocenters. The summed E-state index contributed by atoms with van der Waals surface area (Å²) in [6.45, 7) is 6.15. The number of hydrogen-bond acceptors (Lipinski definition) is 5. The van der Waals surface area contributed by atoms with Gasteiger partial charge >= 0.3 is 0 Å². The molecule has 0 spiro atoms. The van der Waals surface area contributed by atoms with Crippen molar-refractivity contribution >= 4 is 23.5 Å². The molecule has 0 saturated carbocycles. The van der Waals surface area contributed by atoms with Crippen molar-refractivity contribution in [1.29, 1.82) is 0 Å². The Labute approximate surface area is 149 Å². The largest absolute Gasteiger partial charge is 0.494 e. The summed E-state index contributed by atoms with van der Waals surface area (Å²) in [6, 6.07) is 7.47. The second-order valence-electron chi connectivity index (χ2n) is 5.54. The lowest BCUT2D eigenvalue weighted by Gasteiger charge is -2.24. The van der Waals surface area contributed by atoms with E-state index in [1.165, 1.54) is 11.8 Å². The normalized spacial score (nSPS) is 16.0. The minimum Gasteiger partial charge on any atom is -0.494 e. The molecule has 1 aromatic carbocycles. The molecule has 2 heterocycles. The predicted octanol–water partition coefficient (Wildman–Crippen LogP) is 2.92. The number of nitrogens with one attached hydrogen (secondary N) is 2. The lowest BCUT2D eigenvalue weighted by Crippen LogP contribution is -2.31. The van der Waals surface area contributed by atoms with E-state index in [9.17, 15) is 9.59 Å². The summed E-state index contributed by atoms with van der Waals surface area (Å²) in [4.78, 5) is 31.9. The predicted molar refractivity (Wildman–Crippen MR) is 98.5 cm³/mol. The maximum atomic E-state index is 12.6. The van der Waals surface area contributed by atoms with Crippen LogP contribution in [0.4, 0.5) is 5.82 Å². The highest BCUT2D eigenvalue weighted by molar-refractivity contribution is 7.99. The molecule has 6 nitrogen and oxygen atoms in total. The number of H-pyrrole nitrogens is 1. The number of hydrogen-bond donors (Lipinski definition) is 2. The molecule has 1 aromatic heterocycles. The summed E-state index contributed by atoms with van der Waals surface area (Å²) in [5.41, 5.74) is 1.15. The van der Waals surface area contributed by atoms with Crippen LogP contribution in [-0.4, -0.2) is 28.2 Å². The zero-order valence-corrected chi connectivity index (χ0v) is 14.7. The number of nitrogens with zero attached hydrogens (tertiary/aromatic N) is 1. The lowest BCUT2D eigenvalue weighted by atomic mass is 9.87. The molecule has 2 aromatic rings. The topological polar surface area (TPSA) is 84.1 Å². The van der Waals surface area contributed by atoms with E-state index in [-0.39, 0.29) is 23.8 Å². The maximum Gasteiger partial charge on any atom is 0.257 e. The van der Waals surface area contributed by atoms with Crippen molar-refractivity contribution in [2.45, 2.75) is 24.4 Å². The number of benzene rings is 1.